The van der Waals surface area contributed by atoms with Crippen molar-refractivity contribution in [1.82, 2.24) is 9.97 Å². The van der Waals surface area contributed by atoms with E-state index in [0.717, 1.165) is 5.56 Å². The topological polar surface area (TPSA) is 50.1 Å². The summed E-state index contributed by atoms with van der Waals surface area (Å²) in [6, 6.07) is 5.27. The van der Waals surface area contributed by atoms with Crippen molar-refractivity contribution < 1.29 is 0 Å². The van der Waals surface area contributed by atoms with E-state index in [4.69, 9.17) is 6.57 Å². The Kier molecular flexibility index (Phi) is 1.99. The molecule has 68 valence electrons. The molecule has 0 unspecified atom stereocenters. The van der Waals surface area contributed by atoms with E-state index in [1.54, 1.807) is 12.1 Å². The highest BCUT2D eigenvalue weighted by Crippen LogP contribution is 2.09. The van der Waals surface area contributed by atoms with Crippen molar-refractivity contribution in [1.29, 1.82) is 0 Å². The molecule has 0 atom stereocenters. The van der Waals surface area contributed by atoms with Crippen molar-refractivity contribution in [3.05, 3.63) is 51.9 Å². The molecule has 1 heterocycles. The van der Waals surface area contributed by atoms with Crippen molar-refractivity contribution in [2.75, 3.05) is 0 Å². The summed E-state index contributed by atoms with van der Waals surface area (Å²) in [5.41, 5.74) is 1.33. The highest BCUT2D eigenvalue weighted by atomic mass is 16.1. The summed E-state index contributed by atoms with van der Waals surface area (Å²) in [5, 5.41) is 0.536. The third-order valence-electron chi connectivity index (χ3n) is 1.97. The van der Waals surface area contributed by atoms with Crippen LogP contribution in [-0.2, 0) is 6.54 Å². The summed E-state index contributed by atoms with van der Waals surface area (Å²) in [6.45, 7) is 7.02. The van der Waals surface area contributed by atoms with Gasteiger partial charge in [0.1, 0.15) is 0 Å². The molecular formula is C10H7N3O. The Morgan fingerprint density at radius 1 is 1.50 bits per heavy atom. The first-order valence-corrected chi connectivity index (χ1v) is 4.11. The lowest BCUT2D eigenvalue weighted by Crippen LogP contribution is -2.06. The number of hydrogen-bond donors (Lipinski definition) is 1. The predicted octanol–water partition coefficient (Wildman–Crippen LogP) is 1.34. The summed E-state index contributed by atoms with van der Waals surface area (Å²) in [5.74, 6) is 0. The second kappa shape index (κ2) is 3.30. The first kappa shape index (κ1) is 8.45. The van der Waals surface area contributed by atoms with E-state index >= 15 is 0 Å². The molecule has 2 rings (SSSR count). The van der Waals surface area contributed by atoms with Gasteiger partial charge in [0.05, 0.1) is 17.2 Å². The highest BCUT2D eigenvalue weighted by Gasteiger charge is 2.01. The molecule has 0 fully saturated rings. The molecule has 0 saturated carbocycles. The second-order valence-corrected chi connectivity index (χ2v) is 2.90. The Balaban J connectivity index is 2.71. The van der Waals surface area contributed by atoms with Gasteiger partial charge >= 0.3 is 0 Å². The fourth-order valence-electron chi connectivity index (χ4n) is 1.31. The predicted molar refractivity (Wildman–Crippen MR) is 52.7 cm³/mol. The maximum Gasteiger partial charge on any atom is 0.258 e. The second-order valence-electron chi connectivity index (χ2n) is 2.90. The summed E-state index contributed by atoms with van der Waals surface area (Å²) in [4.78, 5) is 21.1. The molecule has 0 aliphatic carbocycles. The highest BCUT2D eigenvalue weighted by molar-refractivity contribution is 5.77. The molecule has 0 bridgehead atoms. The van der Waals surface area contributed by atoms with E-state index in [-0.39, 0.29) is 5.56 Å². The zero-order valence-corrected chi connectivity index (χ0v) is 7.32. The lowest BCUT2D eigenvalue weighted by atomic mass is 10.1. The maximum atomic E-state index is 11.4. The maximum absolute atomic E-state index is 11.4. The Labute approximate surface area is 80.0 Å². The van der Waals surface area contributed by atoms with E-state index in [0.29, 0.717) is 17.4 Å². The van der Waals surface area contributed by atoms with Crippen LogP contribution in [0, 0.1) is 6.57 Å². The first-order chi connectivity index (χ1) is 6.81. The van der Waals surface area contributed by atoms with E-state index in [9.17, 15) is 4.79 Å². The Bertz CT molecular complexity index is 565. The van der Waals surface area contributed by atoms with Gasteiger partial charge in [0.2, 0.25) is 6.54 Å². The number of nitrogens with zero attached hydrogens (tertiary/aromatic N) is 2. The van der Waals surface area contributed by atoms with E-state index in [2.05, 4.69) is 14.8 Å². The normalized spacial score (nSPS) is 9.93. The number of benzene rings is 1. The fraction of sp³-hybridized carbons (Fsp3) is 0.100. The standard InChI is InChI=1S/C10H7N3O/c1-11-5-7-2-3-9-8(4-7)10(14)13-6-12-9/h2-4,6H,5H2,(H,12,13,14). The van der Waals surface area contributed by atoms with Crippen molar-refractivity contribution in [3.63, 3.8) is 0 Å². The molecule has 4 nitrogen and oxygen atoms in total. The summed E-state index contributed by atoms with van der Waals surface area (Å²) >= 11 is 0. The first-order valence-electron chi connectivity index (χ1n) is 4.11. The summed E-state index contributed by atoms with van der Waals surface area (Å²) in [6.07, 6.45) is 1.37. The van der Waals surface area contributed by atoms with Crippen LogP contribution in [0.2, 0.25) is 0 Å². The molecular weight excluding hydrogens is 178 g/mol. The van der Waals surface area contributed by atoms with Gasteiger partial charge in [0.15, 0.2) is 0 Å². The Hall–Kier alpha value is -2.15. The number of rotatable bonds is 1. The Morgan fingerprint density at radius 2 is 2.36 bits per heavy atom. The van der Waals surface area contributed by atoms with Gasteiger partial charge in [-0.2, -0.15) is 0 Å². The average molecular weight is 185 g/mol. The average Bonchev–Trinajstić information content (AvgIpc) is 2.20. The van der Waals surface area contributed by atoms with Crippen molar-refractivity contribution >= 4 is 10.9 Å². The van der Waals surface area contributed by atoms with E-state index in [1.807, 2.05) is 6.07 Å². The van der Waals surface area contributed by atoms with Crippen molar-refractivity contribution in [2.45, 2.75) is 6.54 Å². The number of hydrogen-bond acceptors (Lipinski definition) is 2. The van der Waals surface area contributed by atoms with Gasteiger partial charge in [-0.3, -0.25) is 4.79 Å². The summed E-state index contributed by atoms with van der Waals surface area (Å²) < 4.78 is 0. The van der Waals surface area contributed by atoms with Crippen LogP contribution in [0.1, 0.15) is 5.56 Å². The fourth-order valence-corrected chi connectivity index (χ4v) is 1.31. The molecule has 14 heavy (non-hydrogen) atoms. The molecule has 0 aliphatic heterocycles. The number of aromatic nitrogens is 2. The molecule has 1 aromatic heterocycles. The third kappa shape index (κ3) is 1.36. The molecule has 0 radical (unpaired) electrons. The SMILES string of the molecule is [C-]#[N+]Cc1ccc2nc[nH]c(=O)c2c1. The molecule has 0 aliphatic rings. The minimum Gasteiger partial charge on any atom is -0.313 e. The number of aromatic amines is 1. The lowest BCUT2D eigenvalue weighted by molar-refractivity contribution is 1.16. The van der Waals surface area contributed by atoms with E-state index in [1.165, 1.54) is 6.33 Å². The zero-order valence-electron chi connectivity index (χ0n) is 7.32. The van der Waals surface area contributed by atoms with Crippen LogP contribution in [0.4, 0.5) is 0 Å². The largest absolute Gasteiger partial charge is 0.313 e. The molecule has 4 heteroatoms. The minimum atomic E-state index is -0.165. The van der Waals surface area contributed by atoms with Gasteiger partial charge < -0.3 is 9.83 Å². The minimum absolute atomic E-state index is 0.165. The molecule has 0 spiro atoms. The van der Waals surface area contributed by atoms with Crippen LogP contribution in [0.5, 0.6) is 0 Å². The van der Waals surface area contributed by atoms with Gasteiger partial charge in [0.25, 0.3) is 5.56 Å². The third-order valence-corrected chi connectivity index (χ3v) is 1.97. The van der Waals surface area contributed by atoms with Crippen LogP contribution in [0.3, 0.4) is 0 Å². The van der Waals surface area contributed by atoms with Gasteiger partial charge in [0, 0.05) is 5.56 Å². The number of fused-ring (bicyclic) bond motifs is 1. The number of nitrogens with one attached hydrogen (secondary N) is 1. The lowest BCUT2D eigenvalue weighted by Gasteiger charge is -1.96. The van der Waals surface area contributed by atoms with Crippen molar-refractivity contribution in [3.8, 4) is 0 Å². The summed E-state index contributed by atoms with van der Waals surface area (Å²) in [7, 11) is 0. The van der Waals surface area contributed by atoms with Crippen LogP contribution in [-0.4, -0.2) is 9.97 Å². The zero-order chi connectivity index (χ0) is 9.97. The molecule has 2 aromatic rings. The molecule has 1 N–H and O–H groups in total. The molecule has 0 saturated heterocycles. The molecule has 1 aromatic carbocycles. The number of H-pyrrole nitrogens is 1. The smallest absolute Gasteiger partial charge is 0.258 e. The van der Waals surface area contributed by atoms with Crippen LogP contribution in [0.15, 0.2) is 29.3 Å². The van der Waals surface area contributed by atoms with Gasteiger partial charge in [-0.25, -0.2) is 11.6 Å². The quantitative estimate of drug-likeness (QED) is 0.681. The monoisotopic (exact) mass is 185 g/mol. The van der Waals surface area contributed by atoms with Crippen LogP contribution < -0.4 is 5.56 Å². The van der Waals surface area contributed by atoms with Gasteiger partial charge in [-0.15, -0.1) is 0 Å². The van der Waals surface area contributed by atoms with Crippen LogP contribution >= 0.6 is 0 Å². The Morgan fingerprint density at radius 3 is 3.14 bits per heavy atom. The van der Waals surface area contributed by atoms with Crippen molar-refractivity contribution in [2.24, 2.45) is 0 Å². The molecule has 0 amide bonds. The van der Waals surface area contributed by atoms with E-state index < -0.39 is 0 Å². The van der Waals surface area contributed by atoms with Crippen LogP contribution in [0.25, 0.3) is 15.7 Å². The van der Waals surface area contributed by atoms with Gasteiger partial charge in [-0.1, -0.05) is 0 Å². The van der Waals surface area contributed by atoms with Gasteiger partial charge in [-0.05, 0) is 18.2 Å².